The molecule has 6 heteroatoms. The van der Waals surface area contributed by atoms with Crippen LogP contribution in [0.4, 0.5) is 5.69 Å². The van der Waals surface area contributed by atoms with Gasteiger partial charge in [-0.05, 0) is 46.2 Å². The lowest BCUT2D eigenvalue weighted by atomic mass is 9.93. The van der Waals surface area contributed by atoms with E-state index in [0.29, 0.717) is 12.6 Å². The molecule has 0 radical (unpaired) electrons. The summed E-state index contributed by atoms with van der Waals surface area (Å²) in [6.45, 7) is 10.9. The lowest BCUT2D eigenvalue weighted by Gasteiger charge is -2.22. The second-order valence-electron chi connectivity index (χ2n) is 7.35. The van der Waals surface area contributed by atoms with Crippen molar-refractivity contribution in [3.63, 3.8) is 0 Å². The Morgan fingerprint density at radius 2 is 2.04 bits per heavy atom. The zero-order valence-electron chi connectivity index (χ0n) is 15.8. The van der Waals surface area contributed by atoms with E-state index in [9.17, 15) is 4.79 Å². The van der Waals surface area contributed by atoms with E-state index in [1.807, 2.05) is 20.8 Å². The molecule has 0 saturated carbocycles. The number of primary amides is 1. The lowest BCUT2D eigenvalue weighted by Crippen LogP contribution is -2.45. The fourth-order valence-corrected chi connectivity index (χ4v) is 2.74. The lowest BCUT2D eigenvalue weighted by molar-refractivity contribution is -0.125. The van der Waals surface area contributed by atoms with E-state index < -0.39 is 5.41 Å². The average molecular weight is 345 g/mol. The van der Waals surface area contributed by atoms with E-state index in [-0.39, 0.29) is 5.91 Å². The van der Waals surface area contributed by atoms with Gasteiger partial charge in [0.2, 0.25) is 5.91 Å². The molecule has 1 aromatic rings. The van der Waals surface area contributed by atoms with Gasteiger partial charge in [-0.25, -0.2) is 0 Å². The predicted octanol–water partition coefficient (Wildman–Crippen LogP) is 1.64. The summed E-state index contributed by atoms with van der Waals surface area (Å²) in [5.74, 6) is 0.408. The molecule has 1 saturated heterocycles. The third kappa shape index (κ3) is 5.37. The average Bonchev–Trinajstić information content (AvgIpc) is 3.02. The van der Waals surface area contributed by atoms with Crippen molar-refractivity contribution in [3.8, 4) is 0 Å². The molecule has 0 aromatic heterocycles. The highest BCUT2D eigenvalue weighted by Crippen LogP contribution is 2.21. The Hall–Kier alpha value is -2.24. The number of anilines is 1. The number of rotatable bonds is 6. The molecule has 1 unspecified atom stereocenters. The number of amides is 1. The minimum atomic E-state index is -0.647. The molecule has 1 aromatic carbocycles. The second-order valence-corrected chi connectivity index (χ2v) is 7.35. The van der Waals surface area contributed by atoms with E-state index in [4.69, 9.17) is 5.73 Å². The number of guanidine groups is 1. The molecule has 0 aliphatic carbocycles. The number of hydrogen-bond acceptors (Lipinski definition) is 3. The normalized spacial score (nSPS) is 18.3. The second kappa shape index (κ2) is 8.23. The van der Waals surface area contributed by atoms with Gasteiger partial charge < -0.3 is 21.3 Å². The molecular weight excluding hydrogens is 314 g/mol. The summed E-state index contributed by atoms with van der Waals surface area (Å²) >= 11 is 0. The number of benzene rings is 1. The fraction of sp³-hybridized carbons (Fsp3) is 0.579. The first-order chi connectivity index (χ1) is 11.8. The van der Waals surface area contributed by atoms with Gasteiger partial charge in [-0.3, -0.25) is 9.79 Å². The Balaban J connectivity index is 1.96. The molecular formula is C19H31N5O. The molecule has 1 aliphatic heterocycles. The van der Waals surface area contributed by atoms with Gasteiger partial charge in [-0.15, -0.1) is 0 Å². The Morgan fingerprint density at radius 3 is 2.64 bits per heavy atom. The van der Waals surface area contributed by atoms with Gasteiger partial charge in [0.1, 0.15) is 0 Å². The first-order valence-corrected chi connectivity index (χ1v) is 8.98. The highest BCUT2D eigenvalue weighted by molar-refractivity contribution is 5.83. The van der Waals surface area contributed by atoms with Crippen molar-refractivity contribution in [1.82, 2.24) is 10.6 Å². The van der Waals surface area contributed by atoms with Gasteiger partial charge in [-0.2, -0.15) is 0 Å². The van der Waals surface area contributed by atoms with E-state index in [1.54, 1.807) is 0 Å². The van der Waals surface area contributed by atoms with Crippen LogP contribution in [-0.4, -0.2) is 44.1 Å². The van der Waals surface area contributed by atoms with Crippen LogP contribution in [0.5, 0.6) is 0 Å². The summed E-state index contributed by atoms with van der Waals surface area (Å²) in [7, 11) is 0. The largest absolute Gasteiger partial charge is 0.369 e. The molecule has 1 aliphatic rings. The van der Waals surface area contributed by atoms with Gasteiger partial charge in [0.25, 0.3) is 0 Å². The summed E-state index contributed by atoms with van der Waals surface area (Å²) in [6.07, 6.45) is 1.05. The van der Waals surface area contributed by atoms with Gasteiger partial charge in [0, 0.05) is 31.4 Å². The number of carbonyl (C=O) groups excluding carboxylic acids is 1. The maximum atomic E-state index is 11.5. The van der Waals surface area contributed by atoms with Crippen LogP contribution in [0.2, 0.25) is 0 Å². The first kappa shape index (κ1) is 19.1. The van der Waals surface area contributed by atoms with Crippen molar-refractivity contribution >= 4 is 17.6 Å². The molecule has 1 heterocycles. The van der Waals surface area contributed by atoms with Crippen LogP contribution in [0.15, 0.2) is 29.3 Å². The van der Waals surface area contributed by atoms with Gasteiger partial charge >= 0.3 is 0 Å². The van der Waals surface area contributed by atoms with Crippen molar-refractivity contribution in [2.24, 2.45) is 16.1 Å². The predicted molar refractivity (Wildman–Crippen MR) is 104 cm³/mol. The topological polar surface area (TPSA) is 82.7 Å². The molecule has 0 spiro atoms. The highest BCUT2D eigenvalue weighted by Gasteiger charge is 2.26. The van der Waals surface area contributed by atoms with E-state index in [0.717, 1.165) is 32.0 Å². The SMILES string of the molecule is CCNC(=NCC(C)(C)C(N)=O)NC1CCN(c2ccc(C)cc2)C1. The zero-order valence-corrected chi connectivity index (χ0v) is 15.8. The Bertz CT molecular complexity index is 609. The van der Waals surface area contributed by atoms with Crippen molar-refractivity contribution in [2.75, 3.05) is 31.1 Å². The van der Waals surface area contributed by atoms with E-state index >= 15 is 0 Å². The third-order valence-electron chi connectivity index (χ3n) is 4.57. The first-order valence-electron chi connectivity index (χ1n) is 8.98. The molecule has 1 atom stereocenters. The minimum Gasteiger partial charge on any atom is -0.369 e. The Kier molecular flexibility index (Phi) is 6.28. The molecule has 4 N–H and O–H groups in total. The molecule has 0 bridgehead atoms. The van der Waals surface area contributed by atoms with Gasteiger partial charge in [0.05, 0.1) is 12.0 Å². The number of carbonyl (C=O) groups is 1. The van der Waals surface area contributed by atoms with Crippen LogP contribution >= 0.6 is 0 Å². The fourth-order valence-electron chi connectivity index (χ4n) is 2.74. The smallest absolute Gasteiger partial charge is 0.224 e. The number of aliphatic imine (C=N–C) groups is 1. The number of nitrogens with zero attached hydrogens (tertiary/aromatic N) is 2. The number of aryl methyl sites for hydroxylation is 1. The van der Waals surface area contributed by atoms with E-state index in [1.165, 1.54) is 11.3 Å². The number of hydrogen-bond donors (Lipinski definition) is 3. The molecule has 2 rings (SSSR count). The van der Waals surface area contributed by atoms with Gasteiger partial charge in [-0.1, -0.05) is 17.7 Å². The Labute approximate surface area is 150 Å². The molecule has 6 nitrogen and oxygen atoms in total. The zero-order chi connectivity index (χ0) is 18.4. The third-order valence-corrected chi connectivity index (χ3v) is 4.57. The number of nitrogens with one attached hydrogen (secondary N) is 2. The summed E-state index contributed by atoms with van der Waals surface area (Å²) in [5, 5.41) is 6.74. The Morgan fingerprint density at radius 1 is 1.36 bits per heavy atom. The van der Waals surface area contributed by atoms with E-state index in [2.05, 4.69) is 51.7 Å². The van der Waals surface area contributed by atoms with Crippen LogP contribution in [-0.2, 0) is 4.79 Å². The van der Waals surface area contributed by atoms with Crippen LogP contribution < -0.4 is 21.3 Å². The quantitative estimate of drug-likeness (QED) is 0.541. The maximum absolute atomic E-state index is 11.5. The van der Waals surface area contributed by atoms with Crippen molar-refractivity contribution in [1.29, 1.82) is 0 Å². The monoisotopic (exact) mass is 345 g/mol. The summed E-state index contributed by atoms with van der Waals surface area (Å²) in [6, 6.07) is 8.97. The maximum Gasteiger partial charge on any atom is 0.224 e. The van der Waals surface area contributed by atoms with Crippen molar-refractivity contribution in [2.45, 2.75) is 40.2 Å². The van der Waals surface area contributed by atoms with Crippen LogP contribution in [0.3, 0.4) is 0 Å². The highest BCUT2D eigenvalue weighted by atomic mass is 16.1. The van der Waals surface area contributed by atoms with Crippen LogP contribution in [0.25, 0.3) is 0 Å². The summed E-state index contributed by atoms with van der Waals surface area (Å²) in [4.78, 5) is 18.4. The molecule has 138 valence electrons. The van der Waals surface area contributed by atoms with Crippen LogP contribution in [0.1, 0.15) is 32.8 Å². The molecule has 1 fully saturated rings. The summed E-state index contributed by atoms with van der Waals surface area (Å²) in [5.41, 5.74) is 7.32. The van der Waals surface area contributed by atoms with Crippen molar-refractivity contribution < 1.29 is 4.79 Å². The number of nitrogens with two attached hydrogens (primary N) is 1. The molecule has 25 heavy (non-hydrogen) atoms. The molecule has 1 amide bonds. The summed E-state index contributed by atoms with van der Waals surface area (Å²) < 4.78 is 0. The van der Waals surface area contributed by atoms with Crippen LogP contribution in [0, 0.1) is 12.3 Å². The standard InChI is InChI=1S/C19H31N5O/c1-5-21-18(22-13-19(3,4)17(20)25)23-15-10-11-24(12-15)16-8-6-14(2)7-9-16/h6-9,15H,5,10-13H2,1-4H3,(H2,20,25)(H2,21,22,23). The van der Waals surface area contributed by atoms with Crippen molar-refractivity contribution in [3.05, 3.63) is 29.8 Å². The van der Waals surface area contributed by atoms with Gasteiger partial charge in [0.15, 0.2) is 5.96 Å². The minimum absolute atomic E-state index is 0.329.